The number of benzene rings is 1. The van der Waals surface area contributed by atoms with Crippen molar-refractivity contribution in [1.82, 2.24) is 4.90 Å². The standard InChI is InChI=1S/C17H23NO2/c1-18(13-15-9-5-12-20-15)16(19)17(10-6-11-17)14-7-3-2-4-8-14/h2-4,7-8,15H,5-6,9-13H2,1H3. The zero-order valence-electron chi connectivity index (χ0n) is 12.2. The number of ether oxygens (including phenoxy) is 1. The Balaban J connectivity index is 1.73. The summed E-state index contributed by atoms with van der Waals surface area (Å²) in [6.45, 7) is 1.57. The molecule has 1 aliphatic carbocycles. The lowest BCUT2D eigenvalue weighted by atomic mass is 9.63. The number of likely N-dealkylation sites (N-methyl/N-ethyl adjacent to an activating group) is 1. The molecule has 0 spiro atoms. The lowest BCUT2D eigenvalue weighted by Gasteiger charge is -2.43. The van der Waals surface area contributed by atoms with Crippen LogP contribution in [0.25, 0.3) is 0 Å². The molecule has 1 heterocycles. The number of carbonyl (C=O) groups is 1. The van der Waals surface area contributed by atoms with Gasteiger partial charge in [-0.1, -0.05) is 36.8 Å². The molecule has 1 aromatic carbocycles. The van der Waals surface area contributed by atoms with E-state index in [1.54, 1.807) is 0 Å². The molecule has 1 saturated heterocycles. The third kappa shape index (κ3) is 2.35. The van der Waals surface area contributed by atoms with Crippen LogP contribution in [0.1, 0.15) is 37.7 Å². The van der Waals surface area contributed by atoms with E-state index in [9.17, 15) is 4.79 Å². The monoisotopic (exact) mass is 273 g/mol. The van der Waals surface area contributed by atoms with Crippen LogP contribution in [0.15, 0.2) is 30.3 Å². The number of hydrogen-bond donors (Lipinski definition) is 0. The predicted octanol–water partition coefficient (Wildman–Crippen LogP) is 2.75. The molecule has 2 fully saturated rings. The Morgan fingerprint density at radius 1 is 1.30 bits per heavy atom. The van der Waals surface area contributed by atoms with Crippen molar-refractivity contribution in [2.24, 2.45) is 0 Å². The SMILES string of the molecule is CN(CC1CCCO1)C(=O)C1(c2ccccc2)CCC1. The van der Waals surface area contributed by atoms with E-state index in [0.717, 1.165) is 45.3 Å². The second kappa shape index (κ2) is 5.57. The molecule has 108 valence electrons. The first kappa shape index (κ1) is 13.6. The van der Waals surface area contributed by atoms with Gasteiger partial charge in [-0.3, -0.25) is 4.79 Å². The summed E-state index contributed by atoms with van der Waals surface area (Å²) < 4.78 is 5.65. The van der Waals surface area contributed by atoms with E-state index in [1.807, 2.05) is 30.1 Å². The minimum Gasteiger partial charge on any atom is -0.376 e. The molecule has 3 rings (SSSR count). The van der Waals surface area contributed by atoms with Gasteiger partial charge in [-0.15, -0.1) is 0 Å². The van der Waals surface area contributed by atoms with Crippen molar-refractivity contribution in [1.29, 1.82) is 0 Å². The molecule has 3 heteroatoms. The first-order valence-corrected chi connectivity index (χ1v) is 7.65. The van der Waals surface area contributed by atoms with E-state index in [4.69, 9.17) is 4.74 Å². The highest BCUT2D eigenvalue weighted by molar-refractivity contribution is 5.89. The first-order chi connectivity index (χ1) is 9.72. The maximum Gasteiger partial charge on any atom is 0.233 e. The van der Waals surface area contributed by atoms with E-state index < -0.39 is 0 Å². The molecular weight excluding hydrogens is 250 g/mol. The van der Waals surface area contributed by atoms with Crippen LogP contribution in [0.4, 0.5) is 0 Å². The first-order valence-electron chi connectivity index (χ1n) is 7.65. The van der Waals surface area contributed by atoms with E-state index in [0.29, 0.717) is 0 Å². The lowest BCUT2D eigenvalue weighted by Crippen LogP contribution is -2.51. The molecule has 0 bridgehead atoms. The molecule has 1 saturated carbocycles. The Morgan fingerprint density at radius 2 is 2.05 bits per heavy atom. The second-order valence-corrected chi connectivity index (χ2v) is 6.12. The van der Waals surface area contributed by atoms with Crippen LogP contribution >= 0.6 is 0 Å². The van der Waals surface area contributed by atoms with E-state index in [1.165, 1.54) is 5.56 Å². The summed E-state index contributed by atoms with van der Waals surface area (Å²) in [5.74, 6) is 0.269. The van der Waals surface area contributed by atoms with Crippen LogP contribution in [-0.4, -0.2) is 37.1 Å². The topological polar surface area (TPSA) is 29.5 Å². The Morgan fingerprint density at radius 3 is 2.60 bits per heavy atom. The van der Waals surface area contributed by atoms with Crippen molar-refractivity contribution in [3.63, 3.8) is 0 Å². The van der Waals surface area contributed by atoms with E-state index in [2.05, 4.69) is 12.1 Å². The van der Waals surface area contributed by atoms with Gasteiger partial charge in [0.05, 0.1) is 11.5 Å². The zero-order valence-corrected chi connectivity index (χ0v) is 12.2. The minimum atomic E-state index is -0.269. The van der Waals surface area contributed by atoms with Crippen molar-refractivity contribution in [3.8, 4) is 0 Å². The number of hydrogen-bond acceptors (Lipinski definition) is 2. The average Bonchev–Trinajstić information content (AvgIpc) is 2.91. The number of carbonyl (C=O) groups excluding carboxylic acids is 1. The van der Waals surface area contributed by atoms with Gasteiger partial charge in [0.15, 0.2) is 0 Å². The smallest absolute Gasteiger partial charge is 0.233 e. The van der Waals surface area contributed by atoms with Gasteiger partial charge in [0.2, 0.25) is 5.91 Å². The molecule has 0 aromatic heterocycles. The second-order valence-electron chi connectivity index (χ2n) is 6.12. The van der Waals surface area contributed by atoms with Crippen LogP contribution in [0.5, 0.6) is 0 Å². The molecule has 2 aliphatic rings. The average molecular weight is 273 g/mol. The Hall–Kier alpha value is -1.35. The Kier molecular flexibility index (Phi) is 3.79. The van der Waals surface area contributed by atoms with Gasteiger partial charge in [0, 0.05) is 20.2 Å². The summed E-state index contributed by atoms with van der Waals surface area (Å²) in [4.78, 5) is 14.8. The van der Waals surface area contributed by atoms with Gasteiger partial charge in [-0.2, -0.15) is 0 Å². The third-order valence-electron chi connectivity index (χ3n) is 4.79. The van der Waals surface area contributed by atoms with Crippen molar-refractivity contribution in [3.05, 3.63) is 35.9 Å². The fourth-order valence-electron chi connectivity index (χ4n) is 3.46. The highest BCUT2D eigenvalue weighted by Crippen LogP contribution is 2.45. The summed E-state index contributed by atoms with van der Waals surface area (Å²) in [6, 6.07) is 10.3. The number of nitrogens with zero attached hydrogens (tertiary/aromatic N) is 1. The lowest BCUT2D eigenvalue weighted by molar-refractivity contribution is -0.141. The van der Waals surface area contributed by atoms with Crippen LogP contribution in [-0.2, 0) is 14.9 Å². The summed E-state index contributed by atoms with van der Waals surface area (Å²) in [5.41, 5.74) is 0.907. The fraction of sp³-hybridized carbons (Fsp3) is 0.588. The maximum atomic E-state index is 12.9. The van der Waals surface area contributed by atoms with Crippen LogP contribution in [0.2, 0.25) is 0 Å². The zero-order chi connectivity index (χ0) is 14.0. The largest absolute Gasteiger partial charge is 0.376 e. The predicted molar refractivity (Wildman–Crippen MR) is 78.6 cm³/mol. The summed E-state index contributed by atoms with van der Waals surface area (Å²) in [6.07, 6.45) is 5.54. The molecule has 0 radical (unpaired) electrons. The van der Waals surface area contributed by atoms with Crippen LogP contribution in [0, 0.1) is 0 Å². The molecule has 1 amide bonds. The minimum absolute atomic E-state index is 0.233. The van der Waals surface area contributed by atoms with Crippen molar-refractivity contribution >= 4 is 5.91 Å². The third-order valence-corrected chi connectivity index (χ3v) is 4.79. The van der Waals surface area contributed by atoms with Gasteiger partial charge in [-0.05, 0) is 31.2 Å². The molecule has 1 aliphatic heterocycles. The van der Waals surface area contributed by atoms with Gasteiger partial charge < -0.3 is 9.64 Å². The molecule has 1 atom stereocenters. The molecule has 0 N–H and O–H groups in total. The highest BCUT2D eigenvalue weighted by Gasteiger charge is 2.47. The van der Waals surface area contributed by atoms with Crippen molar-refractivity contribution < 1.29 is 9.53 Å². The molecule has 1 aromatic rings. The summed E-state index contributed by atoms with van der Waals surface area (Å²) >= 11 is 0. The number of amides is 1. The van der Waals surface area contributed by atoms with Gasteiger partial charge in [-0.25, -0.2) is 0 Å². The van der Waals surface area contributed by atoms with Crippen molar-refractivity contribution in [2.75, 3.05) is 20.2 Å². The van der Waals surface area contributed by atoms with E-state index in [-0.39, 0.29) is 17.4 Å². The van der Waals surface area contributed by atoms with Crippen molar-refractivity contribution in [2.45, 2.75) is 43.6 Å². The maximum absolute atomic E-state index is 12.9. The molecule has 1 unspecified atom stereocenters. The fourth-order valence-corrected chi connectivity index (χ4v) is 3.46. The van der Waals surface area contributed by atoms with Crippen LogP contribution in [0.3, 0.4) is 0 Å². The van der Waals surface area contributed by atoms with E-state index >= 15 is 0 Å². The molecule has 20 heavy (non-hydrogen) atoms. The Labute approximate surface area is 120 Å². The van der Waals surface area contributed by atoms with Crippen LogP contribution < -0.4 is 0 Å². The van der Waals surface area contributed by atoms with Gasteiger partial charge in [0.1, 0.15) is 0 Å². The summed E-state index contributed by atoms with van der Waals surface area (Å²) in [7, 11) is 1.92. The number of rotatable bonds is 4. The highest BCUT2D eigenvalue weighted by atomic mass is 16.5. The van der Waals surface area contributed by atoms with Gasteiger partial charge in [0.25, 0.3) is 0 Å². The Bertz CT molecular complexity index is 461. The normalized spacial score (nSPS) is 24.1. The quantitative estimate of drug-likeness (QED) is 0.844. The molecular formula is C17H23NO2. The molecule has 3 nitrogen and oxygen atoms in total. The van der Waals surface area contributed by atoms with Gasteiger partial charge >= 0.3 is 0 Å². The summed E-state index contributed by atoms with van der Waals surface area (Å²) in [5, 5.41) is 0.